The van der Waals surface area contributed by atoms with Crippen LogP contribution in [0, 0.1) is 11.5 Å². The molecule has 0 aliphatic rings. The lowest BCUT2D eigenvalue weighted by molar-refractivity contribution is -0.129. The second-order valence-corrected chi connectivity index (χ2v) is 7.29. The second kappa shape index (κ2) is 8.79. The van der Waals surface area contributed by atoms with Crippen LogP contribution in [0.25, 0.3) is 10.1 Å². The van der Waals surface area contributed by atoms with Gasteiger partial charge in [-0.1, -0.05) is 18.2 Å². The van der Waals surface area contributed by atoms with E-state index < -0.39 is 6.04 Å². The van der Waals surface area contributed by atoms with E-state index in [0.29, 0.717) is 18.1 Å². The second-order valence-electron chi connectivity index (χ2n) is 5.97. The number of likely N-dealkylation sites (N-methyl/N-ethyl adjacent to an activating group) is 1. The number of amides is 1. The predicted octanol–water partition coefficient (Wildman–Crippen LogP) is 3.01. The Balaban J connectivity index is 2.26. The van der Waals surface area contributed by atoms with Gasteiger partial charge in [-0.3, -0.25) is 4.79 Å². The van der Waals surface area contributed by atoms with Gasteiger partial charge < -0.3 is 10.6 Å². The van der Waals surface area contributed by atoms with E-state index in [1.165, 1.54) is 4.70 Å². The highest BCUT2D eigenvalue weighted by atomic mass is 32.1. The number of nitrogens with one attached hydrogen (secondary N) is 2. The number of carbonyl (C=O) groups excluding carboxylic acids is 1. The Morgan fingerprint density at radius 1 is 1.36 bits per heavy atom. The summed E-state index contributed by atoms with van der Waals surface area (Å²) < 4.78 is 1.18. The summed E-state index contributed by atoms with van der Waals surface area (Å²) in [4.78, 5) is 13.9. The molecular formula is C18H22N4OS2. The van der Waals surface area contributed by atoms with Gasteiger partial charge in [0.1, 0.15) is 6.04 Å². The van der Waals surface area contributed by atoms with E-state index in [1.807, 2.05) is 32.2 Å². The summed E-state index contributed by atoms with van der Waals surface area (Å²) in [5.74, 6) is -0.270. The molecule has 0 aliphatic carbocycles. The van der Waals surface area contributed by atoms with Gasteiger partial charge in [0.2, 0.25) is 0 Å². The third-order valence-corrected chi connectivity index (χ3v) is 4.96. The van der Waals surface area contributed by atoms with Gasteiger partial charge in [0, 0.05) is 23.7 Å². The van der Waals surface area contributed by atoms with Crippen LogP contribution in [0.5, 0.6) is 0 Å². The summed E-state index contributed by atoms with van der Waals surface area (Å²) in [5, 5.41) is 19.0. The number of hydrogen-bond acceptors (Lipinski definition) is 4. The molecule has 2 aromatic rings. The van der Waals surface area contributed by atoms with Crippen LogP contribution in [-0.4, -0.2) is 34.5 Å². The molecular weight excluding hydrogens is 352 g/mol. The van der Waals surface area contributed by atoms with Crippen LogP contribution in [0.3, 0.4) is 0 Å². The maximum Gasteiger partial charge on any atom is 0.258 e. The van der Waals surface area contributed by atoms with Crippen molar-refractivity contribution in [3.63, 3.8) is 0 Å². The molecule has 0 spiro atoms. The highest BCUT2D eigenvalue weighted by Crippen LogP contribution is 2.26. The molecule has 7 heteroatoms. The molecule has 2 rings (SSSR count). The van der Waals surface area contributed by atoms with Crippen LogP contribution in [0.15, 0.2) is 29.6 Å². The van der Waals surface area contributed by atoms with Gasteiger partial charge in [0.05, 0.1) is 0 Å². The normalized spacial score (nSPS) is 11.8. The van der Waals surface area contributed by atoms with Gasteiger partial charge in [-0.25, -0.2) is 4.90 Å². The van der Waals surface area contributed by atoms with Crippen LogP contribution in [0.2, 0.25) is 0 Å². The first-order valence-electron chi connectivity index (χ1n) is 8.19. The Kier molecular flexibility index (Phi) is 6.73. The summed E-state index contributed by atoms with van der Waals surface area (Å²) in [5.41, 5.74) is 1.08. The van der Waals surface area contributed by atoms with Crippen LogP contribution in [0.1, 0.15) is 26.3 Å². The molecule has 1 amide bonds. The minimum absolute atomic E-state index is 0.163. The topological polar surface area (TPSA) is 68.2 Å². The molecule has 2 N–H and O–H groups in total. The lowest BCUT2D eigenvalue weighted by Crippen LogP contribution is -2.52. The summed E-state index contributed by atoms with van der Waals surface area (Å²) in [6, 6.07) is 7.68. The Morgan fingerprint density at radius 2 is 2.08 bits per heavy atom. The van der Waals surface area contributed by atoms with E-state index >= 15 is 0 Å². The van der Waals surface area contributed by atoms with Crippen molar-refractivity contribution in [2.24, 2.45) is 0 Å². The fourth-order valence-corrected chi connectivity index (χ4v) is 3.89. The maximum atomic E-state index is 12.7. The van der Waals surface area contributed by atoms with E-state index in [0.717, 1.165) is 15.8 Å². The molecule has 1 aromatic heterocycles. The zero-order valence-corrected chi connectivity index (χ0v) is 16.2. The molecule has 0 saturated heterocycles. The van der Waals surface area contributed by atoms with E-state index in [2.05, 4.69) is 28.1 Å². The molecule has 0 bridgehead atoms. The lowest BCUT2D eigenvalue weighted by Gasteiger charge is -2.24. The largest absolute Gasteiger partial charge is 0.361 e. The van der Waals surface area contributed by atoms with E-state index in [4.69, 9.17) is 12.2 Å². The zero-order valence-electron chi connectivity index (χ0n) is 14.6. The number of fused-ring (bicyclic) bond motifs is 1. The lowest BCUT2D eigenvalue weighted by atomic mass is 10.0. The van der Waals surface area contributed by atoms with Crippen molar-refractivity contribution in [3.05, 3.63) is 35.2 Å². The first-order valence-corrected chi connectivity index (χ1v) is 9.48. The van der Waals surface area contributed by atoms with Crippen molar-refractivity contribution in [2.75, 3.05) is 6.54 Å². The third kappa shape index (κ3) is 4.91. The Bertz CT molecular complexity index is 794. The number of hydrogen-bond donors (Lipinski definition) is 2. The van der Waals surface area contributed by atoms with Gasteiger partial charge >= 0.3 is 0 Å². The minimum Gasteiger partial charge on any atom is -0.361 e. The number of nitrogens with zero attached hydrogens (tertiary/aromatic N) is 2. The highest BCUT2D eigenvalue weighted by molar-refractivity contribution is 7.80. The molecule has 132 valence electrons. The fraction of sp³-hybridized carbons (Fsp3) is 0.389. The van der Waals surface area contributed by atoms with Crippen molar-refractivity contribution in [1.29, 1.82) is 5.26 Å². The zero-order chi connectivity index (χ0) is 18.4. The first-order chi connectivity index (χ1) is 12.0. The monoisotopic (exact) mass is 374 g/mol. The molecule has 1 atom stereocenters. The Morgan fingerprint density at radius 3 is 2.72 bits per heavy atom. The smallest absolute Gasteiger partial charge is 0.258 e. The van der Waals surface area contributed by atoms with Gasteiger partial charge in [0.15, 0.2) is 11.3 Å². The number of thiophene rings is 1. The van der Waals surface area contributed by atoms with Crippen molar-refractivity contribution in [2.45, 2.75) is 39.3 Å². The van der Waals surface area contributed by atoms with E-state index in [-0.39, 0.29) is 11.9 Å². The van der Waals surface area contributed by atoms with E-state index in [9.17, 15) is 10.1 Å². The molecule has 0 radical (unpaired) electrons. The van der Waals surface area contributed by atoms with Gasteiger partial charge in [-0.05, 0) is 55.4 Å². The molecule has 5 nitrogen and oxygen atoms in total. The predicted molar refractivity (Wildman–Crippen MR) is 106 cm³/mol. The third-order valence-electron chi connectivity index (χ3n) is 3.71. The first kappa shape index (κ1) is 19.2. The minimum atomic E-state index is -0.587. The van der Waals surface area contributed by atoms with Gasteiger partial charge in [0.25, 0.3) is 5.91 Å². The van der Waals surface area contributed by atoms with Crippen molar-refractivity contribution in [3.8, 4) is 6.19 Å². The van der Waals surface area contributed by atoms with E-state index in [1.54, 1.807) is 18.3 Å². The SMILES string of the molecule is CCN(C#N)C(=O)C(Cc1csc2ccccc12)NC(=S)NC(C)C. The standard InChI is InChI=1S/C18H22N4OS2/c1-4-22(11-19)17(23)15(21-18(24)20-12(2)3)9-13-10-25-16-8-6-5-7-14(13)16/h5-8,10,12,15H,4,9H2,1-3H3,(H2,20,21,24). The average molecular weight is 375 g/mol. The number of thiocarbonyl (C=S) groups is 1. The van der Waals surface area contributed by atoms with Crippen molar-refractivity contribution >= 4 is 44.7 Å². The van der Waals surface area contributed by atoms with Crippen LogP contribution >= 0.6 is 23.6 Å². The van der Waals surface area contributed by atoms with Crippen LogP contribution in [-0.2, 0) is 11.2 Å². The molecule has 1 aromatic carbocycles. The van der Waals surface area contributed by atoms with Crippen LogP contribution in [0.4, 0.5) is 0 Å². The summed E-state index contributed by atoms with van der Waals surface area (Å²) in [6.45, 7) is 6.07. The Hall–Kier alpha value is -2.17. The number of benzene rings is 1. The summed E-state index contributed by atoms with van der Waals surface area (Å²) in [7, 11) is 0. The summed E-state index contributed by atoms with van der Waals surface area (Å²) in [6.07, 6.45) is 2.42. The van der Waals surface area contributed by atoms with Crippen molar-refractivity contribution in [1.82, 2.24) is 15.5 Å². The fourth-order valence-electron chi connectivity index (χ4n) is 2.54. The molecule has 1 unspecified atom stereocenters. The number of nitriles is 1. The van der Waals surface area contributed by atoms with Gasteiger partial charge in [-0.2, -0.15) is 5.26 Å². The molecule has 0 saturated carbocycles. The maximum absolute atomic E-state index is 12.7. The highest BCUT2D eigenvalue weighted by Gasteiger charge is 2.26. The molecule has 25 heavy (non-hydrogen) atoms. The Labute approximate surface area is 157 Å². The molecule has 0 fully saturated rings. The van der Waals surface area contributed by atoms with Gasteiger partial charge in [-0.15, -0.1) is 11.3 Å². The summed E-state index contributed by atoms with van der Waals surface area (Å²) >= 11 is 6.95. The van der Waals surface area contributed by atoms with Crippen LogP contribution < -0.4 is 10.6 Å². The quantitative estimate of drug-likeness (QED) is 0.462. The number of rotatable bonds is 6. The molecule has 0 aliphatic heterocycles. The average Bonchev–Trinajstić information content (AvgIpc) is 2.97. The number of carbonyl (C=O) groups is 1. The molecule has 1 heterocycles. The van der Waals surface area contributed by atoms with Crippen molar-refractivity contribution < 1.29 is 4.79 Å².